The number of fused-ring (bicyclic) bond motifs is 1. The minimum absolute atomic E-state index is 0.108. The molecule has 1 fully saturated rings. The van der Waals surface area contributed by atoms with E-state index in [1.54, 1.807) is 13.4 Å². The van der Waals surface area contributed by atoms with Gasteiger partial charge in [0.2, 0.25) is 0 Å². The minimum Gasteiger partial charge on any atom is -0.497 e. The third-order valence-electron chi connectivity index (χ3n) is 6.68. The molecule has 1 saturated carbocycles. The number of para-hydroxylation sites is 1. The lowest BCUT2D eigenvalue weighted by Crippen LogP contribution is -2.25. The standard InChI is InChI=1S/C26H29N5O2/c1-18-25(26(32)27-16-24-29-28-17-30(24)19-9-5-3-6-10-19)22-15-21(33-2)13-14-23(22)31(18)20-11-7-4-8-12-20/h3,5-6,9-10,13-15,17,20H,4,7-8,11-12,16H2,1-2H3,(H,27,32). The van der Waals surface area contributed by atoms with Crippen molar-refractivity contribution >= 4 is 16.8 Å². The summed E-state index contributed by atoms with van der Waals surface area (Å²) in [5, 5.41) is 12.3. The van der Waals surface area contributed by atoms with Gasteiger partial charge in [-0.1, -0.05) is 37.5 Å². The van der Waals surface area contributed by atoms with E-state index < -0.39 is 0 Å². The number of methoxy groups -OCH3 is 1. The van der Waals surface area contributed by atoms with Gasteiger partial charge in [0.15, 0.2) is 5.82 Å². The van der Waals surface area contributed by atoms with Gasteiger partial charge in [-0.15, -0.1) is 10.2 Å². The van der Waals surface area contributed by atoms with Gasteiger partial charge in [0, 0.05) is 28.3 Å². The molecule has 0 atom stereocenters. The molecule has 170 valence electrons. The Balaban J connectivity index is 1.47. The summed E-state index contributed by atoms with van der Waals surface area (Å²) in [4.78, 5) is 13.5. The van der Waals surface area contributed by atoms with Crippen LogP contribution < -0.4 is 10.1 Å². The molecular weight excluding hydrogens is 414 g/mol. The quantitative estimate of drug-likeness (QED) is 0.456. The second-order valence-corrected chi connectivity index (χ2v) is 8.64. The van der Waals surface area contributed by atoms with Crippen molar-refractivity contribution in [2.75, 3.05) is 7.11 Å². The molecule has 1 N–H and O–H groups in total. The molecule has 0 unspecified atom stereocenters. The highest BCUT2D eigenvalue weighted by molar-refractivity contribution is 6.08. The Labute approximate surface area is 193 Å². The number of aromatic nitrogens is 4. The average Bonchev–Trinajstić information content (AvgIpc) is 3.44. The maximum atomic E-state index is 13.5. The van der Waals surface area contributed by atoms with Crippen LogP contribution in [0.3, 0.4) is 0 Å². The fourth-order valence-electron chi connectivity index (χ4n) is 5.08. The summed E-state index contributed by atoms with van der Waals surface area (Å²) in [7, 11) is 1.66. The van der Waals surface area contributed by atoms with Crippen LogP contribution in [0.25, 0.3) is 16.6 Å². The second-order valence-electron chi connectivity index (χ2n) is 8.64. The van der Waals surface area contributed by atoms with E-state index in [2.05, 4.69) is 33.1 Å². The SMILES string of the molecule is COc1ccc2c(c1)c(C(=O)NCc1nncn1-c1ccccc1)c(C)n2C1CCCCC1. The van der Waals surface area contributed by atoms with Gasteiger partial charge in [-0.05, 0) is 50.1 Å². The largest absolute Gasteiger partial charge is 0.497 e. The van der Waals surface area contributed by atoms with Gasteiger partial charge in [-0.25, -0.2) is 0 Å². The molecule has 0 saturated heterocycles. The summed E-state index contributed by atoms with van der Waals surface area (Å²) < 4.78 is 9.73. The van der Waals surface area contributed by atoms with Crippen LogP contribution in [-0.4, -0.2) is 32.3 Å². The van der Waals surface area contributed by atoms with Crippen LogP contribution in [0.1, 0.15) is 60.0 Å². The maximum Gasteiger partial charge on any atom is 0.254 e. The number of ether oxygens (including phenoxy) is 1. The van der Waals surface area contributed by atoms with Crippen molar-refractivity contribution in [3.63, 3.8) is 0 Å². The van der Waals surface area contributed by atoms with Crippen LogP contribution in [0.2, 0.25) is 0 Å². The van der Waals surface area contributed by atoms with Crippen molar-refractivity contribution in [2.45, 2.75) is 51.6 Å². The Hall–Kier alpha value is -3.61. The maximum absolute atomic E-state index is 13.5. The molecule has 0 aliphatic heterocycles. The van der Waals surface area contributed by atoms with Gasteiger partial charge in [0.1, 0.15) is 12.1 Å². The summed E-state index contributed by atoms with van der Waals surface area (Å²) in [6.45, 7) is 2.34. The van der Waals surface area contributed by atoms with Crippen LogP contribution in [0.4, 0.5) is 0 Å². The molecule has 1 aliphatic carbocycles. The Morgan fingerprint density at radius 3 is 2.67 bits per heavy atom. The van der Waals surface area contributed by atoms with Crippen LogP contribution in [0.5, 0.6) is 5.75 Å². The molecule has 2 aromatic carbocycles. The molecule has 7 nitrogen and oxygen atoms in total. The number of rotatable bonds is 6. The van der Waals surface area contributed by atoms with Gasteiger partial charge in [-0.2, -0.15) is 0 Å². The van der Waals surface area contributed by atoms with E-state index in [1.807, 2.05) is 47.0 Å². The number of hydrogen-bond acceptors (Lipinski definition) is 4. The molecule has 2 aromatic heterocycles. The molecule has 1 amide bonds. The molecule has 0 radical (unpaired) electrons. The van der Waals surface area contributed by atoms with Crippen LogP contribution in [-0.2, 0) is 6.54 Å². The predicted molar refractivity (Wildman–Crippen MR) is 128 cm³/mol. The first kappa shape index (κ1) is 21.2. The normalized spacial score (nSPS) is 14.5. The first-order valence-corrected chi connectivity index (χ1v) is 11.6. The summed E-state index contributed by atoms with van der Waals surface area (Å²) in [5.41, 5.74) is 3.77. The smallest absolute Gasteiger partial charge is 0.254 e. The summed E-state index contributed by atoms with van der Waals surface area (Å²) >= 11 is 0. The van der Waals surface area contributed by atoms with Gasteiger partial charge >= 0.3 is 0 Å². The second kappa shape index (κ2) is 9.10. The fourth-order valence-corrected chi connectivity index (χ4v) is 5.08. The van der Waals surface area contributed by atoms with E-state index in [0.717, 1.165) is 40.9 Å². The lowest BCUT2D eigenvalue weighted by Gasteiger charge is -2.26. The number of hydrogen-bond donors (Lipinski definition) is 1. The van der Waals surface area contributed by atoms with Gasteiger partial charge < -0.3 is 14.6 Å². The van der Waals surface area contributed by atoms with Crippen molar-refractivity contribution in [1.29, 1.82) is 0 Å². The number of carbonyl (C=O) groups excluding carboxylic acids is 1. The van der Waals surface area contributed by atoms with Crippen molar-refractivity contribution in [3.05, 3.63) is 71.9 Å². The zero-order chi connectivity index (χ0) is 22.8. The molecule has 2 heterocycles. The number of amides is 1. The average molecular weight is 444 g/mol. The van der Waals surface area contributed by atoms with E-state index in [-0.39, 0.29) is 12.5 Å². The number of nitrogens with zero attached hydrogens (tertiary/aromatic N) is 4. The molecule has 5 rings (SSSR count). The highest BCUT2D eigenvalue weighted by Gasteiger charge is 2.26. The van der Waals surface area contributed by atoms with Gasteiger partial charge in [-0.3, -0.25) is 9.36 Å². The van der Waals surface area contributed by atoms with Crippen molar-refractivity contribution in [1.82, 2.24) is 24.6 Å². The van der Waals surface area contributed by atoms with Crippen LogP contribution in [0, 0.1) is 6.92 Å². The molecule has 0 bridgehead atoms. The predicted octanol–water partition coefficient (Wildman–Crippen LogP) is 4.97. The van der Waals surface area contributed by atoms with Crippen LogP contribution in [0.15, 0.2) is 54.9 Å². The van der Waals surface area contributed by atoms with E-state index >= 15 is 0 Å². The molecule has 0 spiro atoms. The van der Waals surface area contributed by atoms with Crippen molar-refractivity contribution < 1.29 is 9.53 Å². The third kappa shape index (κ3) is 3.99. The lowest BCUT2D eigenvalue weighted by molar-refractivity contribution is 0.0950. The first-order chi connectivity index (χ1) is 16.2. The molecule has 1 aliphatic rings. The zero-order valence-electron chi connectivity index (χ0n) is 19.1. The Morgan fingerprint density at radius 2 is 1.91 bits per heavy atom. The number of carbonyl (C=O) groups is 1. The van der Waals surface area contributed by atoms with Crippen molar-refractivity contribution in [2.24, 2.45) is 0 Å². The van der Waals surface area contributed by atoms with E-state index in [1.165, 1.54) is 19.3 Å². The molecule has 7 heteroatoms. The van der Waals surface area contributed by atoms with E-state index in [4.69, 9.17) is 4.74 Å². The highest BCUT2D eigenvalue weighted by Crippen LogP contribution is 2.37. The van der Waals surface area contributed by atoms with E-state index in [9.17, 15) is 4.79 Å². The van der Waals surface area contributed by atoms with Crippen LogP contribution >= 0.6 is 0 Å². The number of benzene rings is 2. The Kier molecular flexibility index (Phi) is 5.86. The topological polar surface area (TPSA) is 74.0 Å². The van der Waals surface area contributed by atoms with E-state index in [0.29, 0.717) is 17.4 Å². The summed E-state index contributed by atoms with van der Waals surface area (Å²) in [6.07, 6.45) is 7.73. The fraction of sp³-hybridized carbons (Fsp3) is 0.346. The Morgan fingerprint density at radius 1 is 1.12 bits per heavy atom. The van der Waals surface area contributed by atoms with Crippen molar-refractivity contribution in [3.8, 4) is 11.4 Å². The zero-order valence-corrected chi connectivity index (χ0v) is 19.1. The summed E-state index contributed by atoms with van der Waals surface area (Å²) in [5.74, 6) is 1.32. The molecule has 4 aromatic rings. The monoisotopic (exact) mass is 443 g/mol. The Bertz CT molecular complexity index is 1270. The first-order valence-electron chi connectivity index (χ1n) is 11.6. The summed E-state index contributed by atoms with van der Waals surface area (Å²) in [6, 6.07) is 16.3. The van der Waals surface area contributed by atoms with Gasteiger partial charge in [0.25, 0.3) is 5.91 Å². The highest BCUT2D eigenvalue weighted by atomic mass is 16.5. The third-order valence-corrected chi connectivity index (χ3v) is 6.68. The molecular formula is C26H29N5O2. The van der Waals surface area contributed by atoms with Gasteiger partial charge in [0.05, 0.1) is 19.2 Å². The molecule has 33 heavy (non-hydrogen) atoms. The minimum atomic E-state index is -0.108. The number of nitrogens with one attached hydrogen (secondary N) is 1. The lowest BCUT2D eigenvalue weighted by atomic mass is 9.95.